The zero-order valence-electron chi connectivity index (χ0n) is 15.7. The fourth-order valence-corrected chi connectivity index (χ4v) is 4.01. The topological polar surface area (TPSA) is 90.7 Å². The smallest absolute Gasteiger partial charge is 0.326 e. The Labute approximate surface area is 174 Å². The van der Waals surface area contributed by atoms with E-state index in [-0.39, 0.29) is 25.3 Å². The first kappa shape index (κ1) is 19.9. The van der Waals surface area contributed by atoms with E-state index in [1.807, 2.05) is 0 Å². The quantitative estimate of drug-likeness (QED) is 0.549. The summed E-state index contributed by atoms with van der Waals surface area (Å²) in [6.07, 6.45) is -0.931. The monoisotopic (exact) mass is 465 g/mol. The molecule has 1 aromatic heterocycles. The van der Waals surface area contributed by atoms with Crippen LogP contribution in [0.3, 0.4) is 0 Å². The van der Waals surface area contributed by atoms with Crippen LogP contribution in [0.1, 0.15) is 6.42 Å². The molecule has 0 saturated carbocycles. The van der Waals surface area contributed by atoms with Gasteiger partial charge in [0.25, 0.3) is 0 Å². The molecular formula is C20H21BrFN3O4. The van der Waals surface area contributed by atoms with E-state index in [4.69, 9.17) is 4.74 Å². The molecule has 1 fully saturated rings. The highest BCUT2D eigenvalue weighted by Gasteiger charge is 2.42. The number of aryl methyl sites for hydroxylation is 1. The number of hydrogen-bond donors (Lipinski definition) is 3. The van der Waals surface area contributed by atoms with Gasteiger partial charge in [-0.25, -0.2) is 9.18 Å². The Morgan fingerprint density at radius 1 is 1.38 bits per heavy atom. The van der Waals surface area contributed by atoms with Gasteiger partial charge in [0.05, 0.1) is 11.2 Å². The van der Waals surface area contributed by atoms with Crippen molar-refractivity contribution in [2.24, 2.45) is 7.05 Å². The number of benzene rings is 2. The Hall–Kier alpha value is -2.36. The lowest BCUT2D eigenvalue weighted by Gasteiger charge is -2.42. The third-order valence-corrected chi connectivity index (χ3v) is 5.93. The van der Waals surface area contributed by atoms with Gasteiger partial charge in [-0.15, -0.1) is 0 Å². The first-order valence-corrected chi connectivity index (χ1v) is 9.99. The number of H-pyrrole nitrogens is 1. The fraction of sp³-hybridized carbons (Fsp3) is 0.350. The number of hydrogen-bond acceptors (Lipinski definition) is 5. The minimum Gasteiger partial charge on any atom is -0.488 e. The number of β-amino-alcohol motifs (C(OH)–C–C–N with tert-alkyl or cyclic N) is 1. The summed E-state index contributed by atoms with van der Waals surface area (Å²) in [5, 5.41) is 21.5. The van der Waals surface area contributed by atoms with Crippen molar-refractivity contribution in [2.45, 2.75) is 18.1 Å². The second kappa shape index (κ2) is 7.47. The highest BCUT2D eigenvalue weighted by molar-refractivity contribution is 9.10. The number of aromatic nitrogens is 2. The average molecular weight is 466 g/mol. The van der Waals surface area contributed by atoms with Crippen LogP contribution in [-0.4, -0.2) is 51.2 Å². The maximum Gasteiger partial charge on any atom is 0.326 e. The molecule has 2 atom stereocenters. The van der Waals surface area contributed by atoms with Crippen molar-refractivity contribution in [3.8, 4) is 5.75 Å². The zero-order valence-corrected chi connectivity index (χ0v) is 17.3. The van der Waals surface area contributed by atoms with E-state index in [0.29, 0.717) is 33.5 Å². The summed E-state index contributed by atoms with van der Waals surface area (Å²) in [6.45, 7) is 0.289. The number of rotatable bonds is 4. The van der Waals surface area contributed by atoms with Crippen LogP contribution in [0.15, 0.2) is 45.7 Å². The molecule has 2 aromatic carbocycles. The van der Waals surface area contributed by atoms with E-state index in [2.05, 4.69) is 20.9 Å². The molecule has 0 unspecified atom stereocenters. The van der Waals surface area contributed by atoms with E-state index in [1.54, 1.807) is 42.3 Å². The molecule has 9 heteroatoms. The molecule has 3 aromatic rings. The van der Waals surface area contributed by atoms with Crippen LogP contribution in [-0.2, 0) is 7.05 Å². The number of aliphatic hydroxyl groups excluding tert-OH is 1. The Morgan fingerprint density at radius 3 is 2.90 bits per heavy atom. The maximum absolute atomic E-state index is 14.2. The second-order valence-electron chi connectivity index (χ2n) is 7.34. The van der Waals surface area contributed by atoms with Crippen molar-refractivity contribution < 1.29 is 19.3 Å². The molecule has 0 radical (unpaired) electrons. The molecule has 4 rings (SSSR count). The fourth-order valence-electron chi connectivity index (χ4n) is 3.68. The summed E-state index contributed by atoms with van der Waals surface area (Å²) in [5.41, 5.74) is -0.158. The molecule has 29 heavy (non-hydrogen) atoms. The summed E-state index contributed by atoms with van der Waals surface area (Å²) < 4.78 is 22.1. The number of aromatic amines is 1. The average Bonchev–Trinajstić information content (AvgIpc) is 2.97. The minimum atomic E-state index is -1.49. The number of imidazole rings is 1. The van der Waals surface area contributed by atoms with Gasteiger partial charge in [0, 0.05) is 24.6 Å². The molecule has 0 spiro atoms. The van der Waals surface area contributed by atoms with Crippen molar-refractivity contribution in [1.82, 2.24) is 9.55 Å². The number of aliphatic hydroxyl groups is 2. The largest absolute Gasteiger partial charge is 0.488 e. The number of halogens is 2. The molecule has 1 aliphatic heterocycles. The molecule has 154 valence electrons. The highest BCUT2D eigenvalue weighted by Crippen LogP contribution is 2.31. The van der Waals surface area contributed by atoms with E-state index >= 15 is 0 Å². The van der Waals surface area contributed by atoms with Crippen LogP contribution in [0.2, 0.25) is 0 Å². The van der Waals surface area contributed by atoms with Crippen molar-refractivity contribution in [1.29, 1.82) is 0 Å². The number of piperidine rings is 1. The Kier molecular flexibility index (Phi) is 5.14. The van der Waals surface area contributed by atoms with Crippen molar-refractivity contribution in [3.05, 3.63) is 57.2 Å². The maximum atomic E-state index is 14.2. The molecule has 0 bridgehead atoms. The molecule has 2 heterocycles. The zero-order chi connectivity index (χ0) is 20.8. The van der Waals surface area contributed by atoms with E-state index in [9.17, 15) is 19.4 Å². The number of ether oxygens (including phenoxy) is 1. The Morgan fingerprint density at radius 2 is 2.17 bits per heavy atom. The minimum absolute atomic E-state index is 0.0747. The lowest BCUT2D eigenvalue weighted by atomic mass is 9.89. The lowest BCUT2D eigenvalue weighted by Crippen LogP contribution is -2.58. The van der Waals surface area contributed by atoms with Gasteiger partial charge in [0.15, 0.2) is 0 Å². The number of para-hydroxylation sites is 1. The molecule has 0 aliphatic carbocycles. The third kappa shape index (κ3) is 3.65. The molecule has 1 aliphatic rings. The molecule has 7 nitrogen and oxygen atoms in total. The van der Waals surface area contributed by atoms with Crippen LogP contribution in [0.4, 0.5) is 10.1 Å². The summed E-state index contributed by atoms with van der Waals surface area (Å²) in [5.74, 6) is 0.0404. The van der Waals surface area contributed by atoms with Gasteiger partial charge in [-0.05, 0) is 36.8 Å². The van der Waals surface area contributed by atoms with Crippen molar-refractivity contribution >= 4 is 32.7 Å². The summed E-state index contributed by atoms with van der Waals surface area (Å²) in [7, 11) is 1.63. The summed E-state index contributed by atoms with van der Waals surface area (Å²) in [6, 6.07) is 9.95. The first-order valence-electron chi connectivity index (χ1n) is 9.19. The predicted octanol–water partition coefficient (Wildman–Crippen LogP) is 2.15. The Bertz CT molecular complexity index is 1110. The molecule has 1 saturated heterocycles. The summed E-state index contributed by atoms with van der Waals surface area (Å²) >= 11 is 3.23. The third-order valence-electron chi connectivity index (χ3n) is 5.44. The van der Waals surface area contributed by atoms with Gasteiger partial charge in [-0.2, -0.15) is 0 Å². The van der Waals surface area contributed by atoms with E-state index in [0.717, 1.165) is 0 Å². The Balaban J connectivity index is 1.50. The predicted molar refractivity (Wildman–Crippen MR) is 111 cm³/mol. The number of fused-ring (bicyclic) bond motifs is 1. The second-order valence-corrected chi connectivity index (χ2v) is 8.26. The highest BCUT2D eigenvalue weighted by atomic mass is 79.9. The van der Waals surface area contributed by atoms with Crippen molar-refractivity contribution in [2.75, 3.05) is 24.6 Å². The number of anilines is 1. The molecular weight excluding hydrogens is 445 g/mol. The van der Waals surface area contributed by atoms with Gasteiger partial charge >= 0.3 is 5.69 Å². The van der Waals surface area contributed by atoms with E-state index < -0.39 is 17.5 Å². The van der Waals surface area contributed by atoms with Gasteiger partial charge in [0.2, 0.25) is 0 Å². The van der Waals surface area contributed by atoms with Crippen LogP contribution in [0.25, 0.3) is 11.0 Å². The number of nitrogens with zero attached hydrogens (tertiary/aromatic N) is 2. The standard InChI is InChI=1S/C20H21BrFN3O4/c1-24-18-14(23-19(24)27)3-2-4-16(18)29-11-20(28)7-8-25(10-17(20)26)15-6-5-12(21)9-13(15)22/h2-6,9,17,26,28H,7-8,10-11H2,1H3,(H,23,27)/t17-,20-/m1/s1. The van der Waals surface area contributed by atoms with Crippen LogP contribution < -0.4 is 15.3 Å². The van der Waals surface area contributed by atoms with E-state index in [1.165, 1.54) is 10.6 Å². The lowest BCUT2D eigenvalue weighted by molar-refractivity contribution is -0.108. The van der Waals surface area contributed by atoms with Gasteiger partial charge < -0.3 is 24.8 Å². The van der Waals surface area contributed by atoms with Crippen LogP contribution in [0.5, 0.6) is 5.75 Å². The van der Waals surface area contributed by atoms with Gasteiger partial charge in [-0.1, -0.05) is 22.0 Å². The number of nitrogens with one attached hydrogen (secondary N) is 1. The normalized spacial score (nSPS) is 22.2. The first-order chi connectivity index (χ1) is 13.8. The van der Waals surface area contributed by atoms with Gasteiger partial charge in [0.1, 0.15) is 35.4 Å². The van der Waals surface area contributed by atoms with Gasteiger partial charge in [-0.3, -0.25) is 4.57 Å². The SMILES string of the molecule is Cn1c(=O)[nH]c2cccc(OC[C@]3(O)CCN(c4ccc(Br)cc4F)C[C@H]3O)c21. The van der Waals surface area contributed by atoms with Crippen LogP contribution >= 0.6 is 15.9 Å². The summed E-state index contributed by atoms with van der Waals surface area (Å²) in [4.78, 5) is 16.3. The molecule has 3 N–H and O–H groups in total. The molecule has 0 amide bonds. The van der Waals surface area contributed by atoms with Crippen molar-refractivity contribution in [3.63, 3.8) is 0 Å². The van der Waals surface area contributed by atoms with Crippen LogP contribution in [0, 0.1) is 5.82 Å².